The Hall–Kier alpha value is -2.72. The maximum absolute atomic E-state index is 11.5. The number of rotatable bonds is 6. The van der Waals surface area contributed by atoms with Gasteiger partial charge in [0, 0.05) is 6.42 Å². The number of aryl methyl sites for hydroxylation is 1. The highest BCUT2D eigenvalue weighted by molar-refractivity contribution is 8.93. The summed E-state index contributed by atoms with van der Waals surface area (Å²) in [6, 6.07) is 22.9. The van der Waals surface area contributed by atoms with Crippen LogP contribution in [0.5, 0.6) is 0 Å². The minimum atomic E-state index is 0. The number of carbonyl (C=O) groups is 1. The maximum Gasteiger partial charge on any atom is 0.181 e. The Morgan fingerprint density at radius 3 is 2.61 bits per heavy atom. The molecule has 0 atom stereocenters. The molecule has 3 nitrogen and oxygen atoms in total. The number of halogens is 1. The summed E-state index contributed by atoms with van der Waals surface area (Å²) in [5.74, 6) is 0.218. The molecular weight excluding hydrogens is 414 g/mol. The number of Topliss-reactive ketones (excluding diaryl/α,β-unsaturated/α-hetero) is 1. The first-order chi connectivity index (χ1) is 13.2. The Morgan fingerprint density at radius 2 is 1.82 bits per heavy atom. The minimum absolute atomic E-state index is 0. The molecule has 28 heavy (non-hydrogen) atoms. The highest BCUT2D eigenvalue weighted by atomic mass is 79.9. The number of hydrogen-bond donors (Lipinski definition) is 0. The van der Waals surface area contributed by atoms with Gasteiger partial charge >= 0.3 is 0 Å². The van der Waals surface area contributed by atoms with Crippen LogP contribution >= 0.6 is 17.0 Å². The Morgan fingerprint density at radius 1 is 1.00 bits per heavy atom. The van der Waals surface area contributed by atoms with E-state index < -0.39 is 0 Å². The van der Waals surface area contributed by atoms with Crippen molar-refractivity contribution in [1.29, 1.82) is 0 Å². The molecule has 3 aromatic carbocycles. The number of benzene rings is 3. The van der Waals surface area contributed by atoms with E-state index in [2.05, 4.69) is 59.6 Å². The molecule has 1 heterocycles. The standard InChI is InChI=1S/C24H21NO2.BrH/c1-17(26)10-11-19-8-5-9-21(22(19)14-18-6-3-2-4-7-18)20-12-13-24-23(15-20)25-16-27-24;/h2-9,12-13,15-16H,10-11,14H2,1H3;1H. The van der Waals surface area contributed by atoms with Crippen molar-refractivity contribution in [3.63, 3.8) is 0 Å². The van der Waals surface area contributed by atoms with Gasteiger partial charge in [0.05, 0.1) is 0 Å². The van der Waals surface area contributed by atoms with Crippen molar-refractivity contribution >= 4 is 33.9 Å². The molecule has 0 amide bonds. The smallest absolute Gasteiger partial charge is 0.181 e. The highest BCUT2D eigenvalue weighted by Gasteiger charge is 2.13. The third-order valence-corrected chi connectivity index (χ3v) is 4.88. The van der Waals surface area contributed by atoms with Crippen LogP contribution in [-0.2, 0) is 17.6 Å². The van der Waals surface area contributed by atoms with E-state index in [9.17, 15) is 4.79 Å². The summed E-state index contributed by atoms with van der Waals surface area (Å²) in [4.78, 5) is 15.8. The Balaban J connectivity index is 0.00000225. The lowest BCUT2D eigenvalue weighted by Crippen LogP contribution is -2.02. The lowest BCUT2D eigenvalue weighted by atomic mass is 9.89. The van der Waals surface area contributed by atoms with Gasteiger partial charge in [-0.15, -0.1) is 17.0 Å². The van der Waals surface area contributed by atoms with E-state index in [-0.39, 0.29) is 22.8 Å². The third kappa shape index (κ3) is 4.39. The average molecular weight is 436 g/mol. The second kappa shape index (κ2) is 8.98. The van der Waals surface area contributed by atoms with Gasteiger partial charge in [0.25, 0.3) is 0 Å². The second-order valence-electron chi connectivity index (χ2n) is 6.84. The van der Waals surface area contributed by atoms with Crippen LogP contribution in [0.3, 0.4) is 0 Å². The normalized spacial score (nSPS) is 10.6. The first-order valence-electron chi connectivity index (χ1n) is 9.18. The lowest BCUT2D eigenvalue weighted by molar-refractivity contribution is -0.116. The quantitative estimate of drug-likeness (QED) is 0.362. The van der Waals surface area contributed by atoms with Crippen LogP contribution in [-0.4, -0.2) is 10.8 Å². The Bertz CT molecular complexity index is 1090. The fourth-order valence-corrected chi connectivity index (χ4v) is 3.48. The first kappa shape index (κ1) is 20.0. The number of ketones is 1. The third-order valence-electron chi connectivity index (χ3n) is 4.88. The van der Waals surface area contributed by atoms with E-state index in [4.69, 9.17) is 4.42 Å². The summed E-state index contributed by atoms with van der Waals surface area (Å²) >= 11 is 0. The monoisotopic (exact) mass is 435 g/mol. The predicted octanol–water partition coefficient (Wildman–Crippen LogP) is 6.19. The van der Waals surface area contributed by atoms with Crippen molar-refractivity contribution in [2.24, 2.45) is 0 Å². The fourth-order valence-electron chi connectivity index (χ4n) is 3.48. The molecule has 0 spiro atoms. The van der Waals surface area contributed by atoms with Crippen LogP contribution in [0.4, 0.5) is 0 Å². The van der Waals surface area contributed by atoms with Gasteiger partial charge in [-0.05, 0) is 59.7 Å². The summed E-state index contributed by atoms with van der Waals surface area (Å²) in [5.41, 5.74) is 7.70. The van der Waals surface area contributed by atoms with Gasteiger partial charge in [-0.3, -0.25) is 0 Å². The van der Waals surface area contributed by atoms with Crippen molar-refractivity contribution in [2.45, 2.75) is 26.2 Å². The van der Waals surface area contributed by atoms with Crippen molar-refractivity contribution in [2.75, 3.05) is 0 Å². The number of nitrogens with zero attached hydrogens (tertiary/aromatic N) is 1. The van der Waals surface area contributed by atoms with Crippen molar-refractivity contribution in [3.05, 3.63) is 89.8 Å². The molecule has 0 aliphatic rings. The molecule has 0 radical (unpaired) electrons. The van der Waals surface area contributed by atoms with E-state index >= 15 is 0 Å². The molecule has 0 aliphatic carbocycles. The topological polar surface area (TPSA) is 43.1 Å². The fraction of sp³-hybridized carbons (Fsp3) is 0.167. The number of oxazole rings is 1. The predicted molar refractivity (Wildman–Crippen MR) is 118 cm³/mol. The number of hydrogen-bond acceptors (Lipinski definition) is 3. The van der Waals surface area contributed by atoms with Gasteiger partial charge in [0.2, 0.25) is 0 Å². The Labute approximate surface area is 175 Å². The molecule has 0 N–H and O–H groups in total. The SMILES string of the molecule is Br.CC(=O)CCc1cccc(-c2ccc3ocnc3c2)c1Cc1ccccc1. The van der Waals surface area contributed by atoms with Gasteiger partial charge in [0.1, 0.15) is 11.3 Å². The molecule has 4 aromatic rings. The van der Waals surface area contributed by atoms with Crippen molar-refractivity contribution in [3.8, 4) is 11.1 Å². The van der Waals surface area contributed by atoms with Gasteiger partial charge in [-0.1, -0.05) is 54.6 Å². The number of fused-ring (bicyclic) bond motifs is 1. The van der Waals surface area contributed by atoms with E-state index in [1.807, 2.05) is 12.1 Å². The maximum atomic E-state index is 11.5. The molecule has 142 valence electrons. The molecule has 1 aromatic heterocycles. The van der Waals surface area contributed by atoms with E-state index in [0.717, 1.165) is 29.5 Å². The summed E-state index contributed by atoms with van der Waals surface area (Å²) in [6.07, 6.45) is 3.63. The minimum Gasteiger partial charge on any atom is -0.443 e. The van der Waals surface area contributed by atoms with Crippen LogP contribution in [0.1, 0.15) is 30.0 Å². The largest absolute Gasteiger partial charge is 0.443 e. The van der Waals surface area contributed by atoms with Crippen LogP contribution in [0.15, 0.2) is 77.5 Å². The van der Waals surface area contributed by atoms with Crippen LogP contribution < -0.4 is 0 Å². The van der Waals surface area contributed by atoms with Gasteiger partial charge in [0.15, 0.2) is 12.0 Å². The van der Waals surface area contributed by atoms with Crippen LogP contribution in [0.25, 0.3) is 22.2 Å². The van der Waals surface area contributed by atoms with Gasteiger partial charge in [-0.25, -0.2) is 4.98 Å². The second-order valence-corrected chi connectivity index (χ2v) is 6.84. The summed E-state index contributed by atoms with van der Waals surface area (Å²) in [5, 5.41) is 0. The summed E-state index contributed by atoms with van der Waals surface area (Å²) in [6.45, 7) is 1.65. The molecule has 0 saturated carbocycles. The number of aromatic nitrogens is 1. The molecule has 0 bridgehead atoms. The van der Waals surface area contributed by atoms with Crippen molar-refractivity contribution < 1.29 is 9.21 Å². The summed E-state index contributed by atoms with van der Waals surface area (Å²) < 4.78 is 5.37. The summed E-state index contributed by atoms with van der Waals surface area (Å²) in [7, 11) is 0. The average Bonchev–Trinajstić information content (AvgIpc) is 3.15. The molecule has 0 saturated heterocycles. The lowest BCUT2D eigenvalue weighted by Gasteiger charge is -2.15. The van der Waals surface area contributed by atoms with Crippen LogP contribution in [0.2, 0.25) is 0 Å². The highest BCUT2D eigenvalue weighted by Crippen LogP contribution is 2.31. The zero-order valence-electron chi connectivity index (χ0n) is 15.7. The van der Waals surface area contributed by atoms with Gasteiger partial charge < -0.3 is 9.21 Å². The molecule has 0 aliphatic heterocycles. The Kier molecular flexibility index (Phi) is 6.42. The molecular formula is C24H22BrNO2. The van der Waals surface area contributed by atoms with Crippen molar-refractivity contribution in [1.82, 2.24) is 4.98 Å². The first-order valence-corrected chi connectivity index (χ1v) is 9.18. The van der Waals surface area contributed by atoms with E-state index in [1.54, 1.807) is 6.92 Å². The van der Waals surface area contributed by atoms with E-state index in [1.165, 1.54) is 28.6 Å². The van der Waals surface area contributed by atoms with Gasteiger partial charge in [-0.2, -0.15) is 0 Å². The zero-order valence-corrected chi connectivity index (χ0v) is 17.4. The molecule has 0 fully saturated rings. The number of carbonyl (C=O) groups excluding carboxylic acids is 1. The van der Waals surface area contributed by atoms with E-state index in [0.29, 0.717) is 6.42 Å². The molecule has 4 heteroatoms. The molecule has 0 unspecified atom stereocenters. The molecule has 4 rings (SSSR count). The van der Waals surface area contributed by atoms with Crippen LogP contribution in [0, 0.1) is 0 Å². The zero-order chi connectivity index (χ0) is 18.6.